The predicted octanol–water partition coefficient (Wildman–Crippen LogP) is 3.11. The van der Waals surface area contributed by atoms with Crippen LogP contribution in [0.4, 0.5) is 5.69 Å². The average molecular weight is 494 g/mol. The van der Waals surface area contributed by atoms with Crippen molar-refractivity contribution < 1.29 is 9.53 Å². The van der Waals surface area contributed by atoms with E-state index in [0.29, 0.717) is 38.7 Å². The molecule has 0 spiro atoms. The summed E-state index contributed by atoms with van der Waals surface area (Å²) in [6.45, 7) is 2.50. The third-order valence-electron chi connectivity index (χ3n) is 4.50. The van der Waals surface area contributed by atoms with E-state index in [1.54, 1.807) is 7.05 Å². The van der Waals surface area contributed by atoms with Gasteiger partial charge in [-0.05, 0) is 17.2 Å². The van der Waals surface area contributed by atoms with Crippen molar-refractivity contribution in [3.8, 4) is 0 Å². The van der Waals surface area contributed by atoms with Crippen LogP contribution in [0.15, 0.2) is 59.6 Å². The molecule has 0 radical (unpaired) electrons. The Kier molecular flexibility index (Phi) is 9.22. The van der Waals surface area contributed by atoms with Crippen LogP contribution in [0.3, 0.4) is 0 Å². The van der Waals surface area contributed by atoms with E-state index < -0.39 is 0 Å². The number of halogens is 1. The van der Waals surface area contributed by atoms with Gasteiger partial charge in [-0.25, -0.2) is 0 Å². The number of carbonyl (C=O) groups excluding carboxylic acids is 1. The van der Waals surface area contributed by atoms with Gasteiger partial charge in [0.2, 0.25) is 5.91 Å². The first kappa shape index (κ1) is 22.2. The number of nitrogens with one attached hydrogen (secondary N) is 3. The zero-order valence-electron chi connectivity index (χ0n) is 16.0. The highest BCUT2D eigenvalue weighted by molar-refractivity contribution is 14.0. The minimum absolute atomic E-state index is 0. The molecular formula is C21H27IN4O2. The van der Waals surface area contributed by atoms with Gasteiger partial charge in [-0.2, -0.15) is 0 Å². The smallest absolute Gasteiger partial charge is 0.225 e. The summed E-state index contributed by atoms with van der Waals surface area (Å²) in [4.78, 5) is 16.2. The van der Waals surface area contributed by atoms with Crippen molar-refractivity contribution in [2.45, 2.75) is 18.9 Å². The minimum Gasteiger partial charge on any atom is -0.375 e. The van der Waals surface area contributed by atoms with Crippen LogP contribution in [0.25, 0.3) is 0 Å². The first-order valence-corrected chi connectivity index (χ1v) is 9.21. The van der Waals surface area contributed by atoms with Gasteiger partial charge in [0.05, 0.1) is 13.2 Å². The van der Waals surface area contributed by atoms with Crippen molar-refractivity contribution in [1.29, 1.82) is 0 Å². The minimum atomic E-state index is 0. The van der Waals surface area contributed by atoms with Crippen LogP contribution in [-0.2, 0) is 16.1 Å². The van der Waals surface area contributed by atoms with Crippen LogP contribution in [0.2, 0.25) is 0 Å². The van der Waals surface area contributed by atoms with Crippen LogP contribution in [-0.4, -0.2) is 38.6 Å². The van der Waals surface area contributed by atoms with Crippen LogP contribution in [0.5, 0.6) is 0 Å². The van der Waals surface area contributed by atoms with Crippen molar-refractivity contribution >= 4 is 41.5 Å². The Morgan fingerprint density at radius 2 is 1.89 bits per heavy atom. The molecule has 3 N–H and O–H groups in total. The molecule has 6 nitrogen and oxygen atoms in total. The normalized spacial score (nSPS) is 15.8. The number of carbonyl (C=O) groups is 1. The summed E-state index contributed by atoms with van der Waals surface area (Å²) in [7, 11) is 1.74. The molecule has 0 fully saturated rings. The molecule has 0 bridgehead atoms. The number of aliphatic imine (C=N–C) groups is 1. The Morgan fingerprint density at radius 1 is 1.14 bits per heavy atom. The fourth-order valence-electron chi connectivity index (χ4n) is 3.13. The number of amides is 1. The van der Waals surface area contributed by atoms with Gasteiger partial charge in [0.1, 0.15) is 0 Å². The molecule has 7 heteroatoms. The molecule has 1 unspecified atom stereocenters. The van der Waals surface area contributed by atoms with E-state index in [9.17, 15) is 4.79 Å². The number of benzene rings is 2. The molecule has 0 aromatic heterocycles. The van der Waals surface area contributed by atoms with Crippen molar-refractivity contribution in [2.24, 2.45) is 4.99 Å². The maximum Gasteiger partial charge on any atom is 0.225 e. The molecule has 150 valence electrons. The zero-order valence-corrected chi connectivity index (χ0v) is 18.3. The van der Waals surface area contributed by atoms with Crippen LogP contribution < -0.4 is 16.0 Å². The SMILES string of the molecule is CN=C(NCCOCc1ccccc1)NCC1CC(=O)Nc2ccccc21.I. The molecule has 28 heavy (non-hydrogen) atoms. The summed E-state index contributed by atoms with van der Waals surface area (Å²) in [6, 6.07) is 18.0. The van der Waals surface area contributed by atoms with E-state index in [1.165, 1.54) is 0 Å². The Bertz CT molecular complexity index is 783. The highest BCUT2D eigenvalue weighted by Crippen LogP contribution is 2.31. The number of anilines is 1. The first-order chi connectivity index (χ1) is 13.3. The zero-order chi connectivity index (χ0) is 18.9. The highest BCUT2D eigenvalue weighted by atomic mass is 127. The maximum absolute atomic E-state index is 11.9. The second kappa shape index (κ2) is 11.7. The molecule has 1 aliphatic rings. The van der Waals surface area contributed by atoms with E-state index in [1.807, 2.05) is 48.5 Å². The molecule has 1 amide bonds. The fourth-order valence-corrected chi connectivity index (χ4v) is 3.13. The topological polar surface area (TPSA) is 74.8 Å². The Morgan fingerprint density at radius 3 is 2.68 bits per heavy atom. The Hall–Kier alpha value is -2.13. The summed E-state index contributed by atoms with van der Waals surface area (Å²) >= 11 is 0. The molecule has 1 heterocycles. The number of fused-ring (bicyclic) bond motifs is 1. The fraction of sp³-hybridized carbons (Fsp3) is 0.333. The summed E-state index contributed by atoms with van der Waals surface area (Å²) in [5.41, 5.74) is 3.22. The van der Waals surface area contributed by atoms with Gasteiger partial charge < -0.3 is 20.7 Å². The average Bonchev–Trinajstić information content (AvgIpc) is 2.70. The Labute approximate surface area is 183 Å². The molecule has 2 aromatic rings. The van der Waals surface area contributed by atoms with Gasteiger partial charge in [-0.3, -0.25) is 9.79 Å². The Balaban J connectivity index is 0.00000280. The molecule has 0 saturated heterocycles. The lowest BCUT2D eigenvalue weighted by Gasteiger charge is -2.26. The van der Waals surface area contributed by atoms with Crippen LogP contribution in [0.1, 0.15) is 23.5 Å². The van der Waals surface area contributed by atoms with Gasteiger partial charge in [0.15, 0.2) is 5.96 Å². The summed E-state index contributed by atoms with van der Waals surface area (Å²) in [5, 5.41) is 9.48. The first-order valence-electron chi connectivity index (χ1n) is 9.21. The summed E-state index contributed by atoms with van der Waals surface area (Å²) in [5.74, 6) is 0.891. The molecular weight excluding hydrogens is 467 g/mol. The van der Waals surface area contributed by atoms with E-state index >= 15 is 0 Å². The molecule has 2 aromatic carbocycles. The van der Waals surface area contributed by atoms with E-state index in [0.717, 1.165) is 16.8 Å². The second-order valence-corrected chi connectivity index (χ2v) is 6.45. The third-order valence-corrected chi connectivity index (χ3v) is 4.50. The number of para-hydroxylation sites is 1. The summed E-state index contributed by atoms with van der Waals surface area (Å²) in [6.07, 6.45) is 0.473. The van der Waals surface area contributed by atoms with Crippen molar-refractivity contribution in [3.05, 3.63) is 65.7 Å². The molecule has 1 atom stereocenters. The molecule has 0 aliphatic carbocycles. The lowest BCUT2D eigenvalue weighted by atomic mass is 9.90. The third kappa shape index (κ3) is 6.49. The number of ether oxygens (including phenoxy) is 1. The number of hydrogen-bond donors (Lipinski definition) is 3. The standard InChI is InChI=1S/C21H26N4O2.HI/c1-22-21(23-11-12-27-15-16-7-3-2-4-8-16)24-14-17-13-20(26)25-19-10-6-5-9-18(17)19;/h2-10,17H,11-15H2,1H3,(H,25,26)(H2,22,23,24);1H. The van der Waals surface area contributed by atoms with Gasteiger partial charge >= 0.3 is 0 Å². The molecule has 1 aliphatic heterocycles. The quantitative estimate of drug-likeness (QED) is 0.240. The van der Waals surface area contributed by atoms with E-state index in [2.05, 4.69) is 27.0 Å². The number of rotatable bonds is 7. The lowest BCUT2D eigenvalue weighted by Crippen LogP contribution is -2.41. The lowest BCUT2D eigenvalue weighted by molar-refractivity contribution is -0.116. The van der Waals surface area contributed by atoms with Gasteiger partial charge in [0.25, 0.3) is 0 Å². The van der Waals surface area contributed by atoms with E-state index in [-0.39, 0.29) is 35.8 Å². The van der Waals surface area contributed by atoms with Crippen LogP contribution in [0, 0.1) is 0 Å². The largest absolute Gasteiger partial charge is 0.375 e. The monoisotopic (exact) mass is 494 g/mol. The predicted molar refractivity (Wildman–Crippen MR) is 123 cm³/mol. The van der Waals surface area contributed by atoms with Gasteiger partial charge in [-0.1, -0.05) is 48.5 Å². The van der Waals surface area contributed by atoms with Crippen LogP contribution >= 0.6 is 24.0 Å². The molecule has 3 rings (SSSR count). The number of nitrogens with zero attached hydrogens (tertiary/aromatic N) is 1. The van der Waals surface area contributed by atoms with Gasteiger partial charge in [0, 0.05) is 38.2 Å². The summed E-state index contributed by atoms with van der Waals surface area (Å²) < 4.78 is 5.67. The number of guanidine groups is 1. The van der Waals surface area contributed by atoms with Gasteiger partial charge in [-0.15, -0.1) is 24.0 Å². The van der Waals surface area contributed by atoms with Crippen molar-refractivity contribution in [1.82, 2.24) is 10.6 Å². The molecule has 0 saturated carbocycles. The van der Waals surface area contributed by atoms with Crippen molar-refractivity contribution in [3.63, 3.8) is 0 Å². The van der Waals surface area contributed by atoms with E-state index in [4.69, 9.17) is 4.74 Å². The maximum atomic E-state index is 11.9. The number of hydrogen-bond acceptors (Lipinski definition) is 3. The second-order valence-electron chi connectivity index (χ2n) is 6.45. The van der Waals surface area contributed by atoms with Crippen molar-refractivity contribution in [2.75, 3.05) is 32.1 Å². The highest BCUT2D eigenvalue weighted by Gasteiger charge is 2.24.